The van der Waals surface area contributed by atoms with E-state index in [0.29, 0.717) is 0 Å². The average molecular weight is 176 g/mol. The van der Waals surface area contributed by atoms with Crippen LogP contribution in [0.2, 0.25) is 0 Å². The lowest BCUT2D eigenvalue weighted by Gasteiger charge is -2.05. The Morgan fingerprint density at radius 3 is 1.46 bits per heavy atom. The standard InChI is InChI=1S/C13H20/c1-9(2)11-7-13(5-6-13)8-12(11)10(3)4/h5-8H2,1-4H3. The monoisotopic (exact) mass is 176 g/mol. The van der Waals surface area contributed by atoms with Crippen LogP contribution in [0.4, 0.5) is 0 Å². The summed E-state index contributed by atoms with van der Waals surface area (Å²) in [7, 11) is 0. The smallest absolute Gasteiger partial charge is 0.0216 e. The lowest BCUT2D eigenvalue weighted by atomic mass is 10.0. The lowest BCUT2D eigenvalue weighted by Crippen LogP contribution is -1.88. The Bertz CT molecular complexity index is 262. The van der Waals surface area contributed by atoms with Crippen molar-refractivity contribution in [2.24, 2.45) is 5.41 Å². The van der Waals surface area contributed by atoms with Crippen LogP contribution in [0.3, 0.4) is 0 Å². The molecule has 0 aromatic carbocycles. The topological polar surface area (TPSA) is 0 Å². The fourth-order valence-corrected chi connectivity index (χ4v) is 2.51. The molecule has 0 amide bonds. The average Bonchev–Trinajstić information content (AvgIpc) is 2.60. The molecular weight excluding hydrogens is 156 g/mol. The number of hydrogen-bond donors (Lipinski definition) is 0. The van der Waals surface area contributed by atoms with E-state index < -0.39 is 0 Å². The Morgan fingerprint density at radius 1 is 0.846 bits per heavy atom. The van der Waals surface area contributed by atoms with Crippen LogP contribution in [-0.4, -0.2) is 0 Å². The molecular formula is C13H20. The molecule has 0 unspecified atom stereocenters. The largest absolute Gasteiger partial charge is 0.0729 e. The summed E-state index contributed by atoms with van der Waals surface area (Å²) in [6.07, 6.45) is 5.69. The molecule has 2 rings (SSSR count). The highest BCUT2D eigenvalue weighted by Crippen LogP contribution is 2.62. The molecule has 0 radical (unpaired) electrons. The van der Waals surface area contributed by atoms with Gasteiger partial charge in [-0.05, 0) is 69.9 Å². The molecule has 0 aromatic heterocycles. The van der Waals surface area contributed by atoms with Crippen molar-refractivity contribution in [3.63, 3.8) is 0 Å². The quantitative estimate of drug-likeness (QED) is 0.518. The van der Waals surface area contributed by atoms with E-state index >= 15 is 0 Å². The molecule has 0 bridgehead atoms. The highest BCUT2D eigenvalue weighted by Gasteiger charge is 2.48. The van der Waals surface area contributed by atoms with Gasteiger partial charge in [0.2, 0.25) is 0 Å². The van der Waals surface area contributed by atoms with Crippen molar-refractivity contribution in [3.05, 3.63) is 22.3 Å². The van der Waals surface area contributed by atoms with Gasteiger partial charge in [0.1, 0.15) is 0 Å². The molecule has 13 heavy (non-hydrogen) atoms. The van der Waals surface area contributed by atoms with E-state index in [2.05, 4.69) is 27.7 Å². The fourth-order valence-electron chi connectivity index (χ4n) is 2.51. The molecule has 0 N–H and O–H groups in total. The SMILES string of the molecule is CC(C)=C1CC2(CC2)CC1=C(C)C. The summed E-state index contributed by atoms with van der Waals surface area (Å²) in [5.74, 6) is 0. The van der Waals surface area contributed by atoms with Crippen LogP contribution in [0.1, 0.15) is 53.4 Å². The van der Waals surface area contributed by atoms with Gasteiger partial charge in [0, 0.05) is 0 Å². The van der Waals surface area contributed by atoms with Gasteiger partial charge in [-0.1, -0.05) is 11.1 Å². The second-order valence-corrected chi connectivity index (χ2v) is 5.31. The predicted octanol–water partition coefficient (Wildman–Crippen LogP) is 4.23. The highest BCUT2D eigenvalue weighted by molar-refractivity contribution is 5.44. The Morgan fingerprint density at radius 2 is 1.23 bits per heavy atom. The first-order valence-electron chi connectivity index (χ1n) is 5.37. The Balaban J connectivity index is 2.38. The first kappa shape index (κ1) is 9.05. The van der Waals surface area contributed by atoms with E-state index in [1.807, 2.05) is 0 Å². The molecule has 1 spiro atoms. The number of rotatable bonds is 0. The van der Waals surface area contributed by atoms with Gasteiger partial charge < -0.3 is 0 Å². The van der Waals surface area contributed by atoms with Crippen molar-refractivity contribution in [2.45, 2.75) is 53.4 Å². The summed E-state index contributed by atoms with van der Waals surface area (Å²) in [6, 6.07) is 0. The van der Waals surface area contributed by atoms with Crippen LogP contribution in [0.25, 0.3) is 0 Å². The van der Waals surface area contributed by atoms with Crippen molar-refractivity contribution in [1.82, 2.24) is 0 Å². The third-order valence-corrected chi connectivity index (χ3v) is 3.63. The van der Waals surface area contributed by atoms with Gasteiger partial charge in [0.05, 0.1) is 0 Å². The molecule has 0 heteroatoms. The Kier molecular flexibility index (Phi) is 1.90. The van der Waals surface area contributed by atoms with Crippen molar-refractivity contribution >= 4 is 0 Å². The van der Waals surface area contributed by atoms with Gasteiger partial charge >= 0.3 is 0 Å². The molecule has 2 aliphatic carbocycles. The van der Waals surface area contributed by atoms with Crippen LogP contribution < -0.4 is 0 Å². The molecule has 0 aliphatic heterocycles. The fraction of sp³-hybridized carbons (Fsp3) is 0.692. The van der Waals surface area contributed by atoms with E-state index in [4.69, 9.17) is 0 Å². The molecule has 2 saturated carbocycles. The van der Waals surface area contributed by atoms with E-state index in [0.717, 1.165) is 5.41 Å². The minimum Gasteiger partial charge on any atom is -0.0729 e. The number of hydrogen-bond acceptors (Lipinski definition) is 0. The minimum absolute atomic E-state index is 0.735. The van der Waals surface area contributed by atoms with E-state index in [9.17, 15) is 0 Å². The van der Waals surface area contributed by atoms with Gasteiger partial charge in [-0.3, -0.25) is 0 Å². The molecule has 2 fully saturated rings. The lowest BCUT2D eigenvalue weighted by molar-refractivity contribution is 0.560. The van der Waals surface area contributed by atoms with Gasteiger partial charge in [-0.15, -0.1) is 0 Å². The third-order valence-electron chi connectivity index (χ3n) is 3.63. The zero-order chi connectivity index (χ0) is 9.64. The first-order valence-corrected chi connectivity index (χ1v) is 5.37. The zero-order valence-corrected chi connectivity index (χ0v) is 9.33. The summed E-state index contributed by atoms with van der Waals surface area (Å²) < 4.78 is 0. The molecule has 0 heterocycles. The Hall–Kier alpha value is -0.520. The second-order valence-electron chi connectivity index (χ2n) is 5.31. The van der Waals surface area contributed by atoms with Crippen molar-refractivity contribution in [1.29, 1.82) is 0 Å². The first-order chi connectivity index (χ1) is 6.04. The minimum atomic E-state index is 0.735. The van der Waals surface area contributed by atoms with Crippen LogP contribution in [0, 0.1) is 5.41 Å². The molecule has 0 nitrogen and oxygen atoms in total. The summed E-state index contributed by atoms with van der Waals surface area (Å²) in [4.78, 5) is 0. The third kappa shape index (κ3) is 1.47. The van der Waals surface area contributed by atoms with Crippen LogP contribution in [0.15, 0.2) is 22.3 Å². The summed E-state index contributed by atoms with van der Waals surface area (Å²) >= 11 is 0. The van der Waals surface area contributed by atoms with Crippen molar-refractivity contribution in [3.8, 4) is 0 Å². The number of allylic oxidation sites excluding steroid dienone is 4. The van der Waals surface area contributed by atoms with E-state index in [1.54, 1.807) is 22.3 Å². The van der Waals surface area contributed by atoms with E-state index in [1.165, 1.54) is 25.7 Å². The van der Waals surface area contributed by atoms with Gasteiger partial charge in [-0.2, -0.15) is 0 Å². The predicted molar refractivity (Wildman–Crippen MR) is 57.6 cm³/mol. The Labute approximate surface area is 81.7 Å². The van der Waals surface area contributed by atoms with Gasteiger partial charge in [0.25, 0.3) is 0 Å². The molecule has 0 atom stereocenters. The van der Waals surface area contributed by atoms with Gasteiger partial charge in [-0.25, -0.2) is 0 Å². The van der Waals surface area contributed by atoms with Crippen LogP contribution >= 0.6 is 0 Å². The molecule has 72 valence electrons. The van der Waals surface area contributed by atoms with Crippen LogP contribution in [-0.2, 0) is 0 Å². The van der Waals surface area contributed by atoms with Gasteiger partial charge in [0.15, 0.2) is 0 Å². The van der Waals surface area contributed by atoms with E-state index in [-0.39, 0.29) is 0 Å². The molecule has 0 aromatic rings. The van der Waals surface area contributed by atoms with Crippen molar-refractivity contribution in [2.75, 3.05) is 0 Å². The summed E-state index contributed by atoms with van der Waals surface area (Å²) in [5, 5.41) is 0. The maximum atomic E-state index is 2.26. The van der Waals surface area contributed by atoms with Crippen LogP contribution in [0.5, 0.6) is 0 Å². The zero-order valence-electron chi connectivity index (χ0n) is 9.33. The maximum absolute atomic E-state index is 2.26. The summed E-state index contributed by atoms with van der Waals surface area (Å²) in [6.45, 7) is 9.05. The summed E-state index contributed by atoms with van der Waals surface area (Å²) in [5.41, 5.74) is 7.18. The normalized spacial score (nSPS) is 24.0. The highest BCUT2D eigenvalue weighted by atomic mass is 14.5. The maximum Gasteiger partial charge on any atom is -0.0216 e. The molecule has 2 aliphatic rings. The second kappa shape index (κ2) is 2.73. The molecule has 0 saturated heterocycles. The van der Waals surface area contributed by atoms with Crippen molar-refractivity contribution < 1.29 is 0 Å².